The van der Waals surface area contributed by atoms with Crippen molar-refractivity contribution in [3.63, 3.8) is 0 Å². The monoisotopic (exact) mass is 522 g/mol. The fraction of sp³-hybridized carbons (Fsp3) is 0.0435. The average Bonchev–Trinajstić information content (AvgIpc) is 3.12. The third-order valence-electron chi connectivity index (χ3n) is 5.15. The van der Waals surface area contributed by atoms with E-state index in [1.807, 2.05) is 0 Å². The number of nitro groups is 3. The molecule has 0 atom stereocenters. The molecule has 4 rings (SSSR count). The number of carbonyl (C=O) groups excluding carboxylic acids is 2. The summed E-state index contributed by atoms with van der Waals surface area (Å²) in [6.45, 7) is -0.250. The molecule has 186 valence electrons. The van der Waals surface area contributed by atoms with E-state index in [4.69, 9.17) is 4.74 Å². The van der Waals surface area contributed by atoms with Crippen LogP contribution in [0.4, 0.5) is 21.9 Å². The normalized spacial score (nSPS) is 14.2. The number of para-hydroxylation sites is 1. The first-order chi connectivity index (χ1) is 17.6. The highest BCUT2D eigenvalue weighted by molar-refractivity contribution is 8.18. The van der Waals surface area contributed by atoms with Crippen LogP contribution in [0.1, 0.15) is 11.1 Å². The number of benzene rings is 3. The molecule has 0 aromatic heterocycles. The Balaban J connectivity index is 1.50. The van der Waals surface area contributed by atoms with Crippen LogP contribution in [0.2, 0.25) is 0 Å². The van der Waals surface area contributed by atoms with Crippen molar-refractivity contribution in [3.05, 3.63) is 113 Å². The second kappa shape index (κ2) is 10.2. The Bertz CT molecular complexity index is 1490. The van der Waals surface area contributed by atoms with Gasteiger partial charge >= 0.3 is 5.69 Å². The van der Waals surface area contributed by atoms with Gasteiger partial charge in [0.1, 0.15) is 5.75 Å². The molecular formula is C23H14N4O9S. The molecule has 1 aliphatic heterocycles. The topological polar surface area (TPSA) is 176 Å². The average molecular weight is 522 g/mol. The number of carbonyl (C=O) groups is 2. The predicted molar refractivity (Wildman–Crippen MR) is 131 cm³/mol. The first-order valence-electron chi connectivity index (χ1n) is 10.3. The summed E-state index contributed by atoms with van der Waals surface area (Å²) in [6.07, 6.45) is 1.46. The summed E-state index contributed by atoms with van der Waals surface area (Å²) in [6, 6.07) is 14.8. The van der Waals surface area contributed by atoms with Gasteiger partial charge in [-0.3, -0.25) is 44.8 Å². The van der Waals surface area contributed by atoms with E-state index >= 15 is 0 Å². The maximum absolute atomic E-state index is 12.8. The highest BCUT2D eigenvalue weighted by Crippen LogP contribution is 2.36. The Morgan fingerprint density at radius 3 is 2.16 bits per heavy atom. The van der Waals surface area contributed by atoms with Crippen LogP contribution in [0.5, 0.6) is 11.5 Å². The molecule has 2 amide bonds. The maximum atomic E-state index is 12.8. The van der Waals surface area contributed by atoms with Crippen LogP contribution in [0, 0.1) is 30.3 Å². The van der Waals surface area contributed by atoms with Crippen LogP contribution in [-0.2, 0) is 11.3 Å². The molecule has 0 saturated carbocycles. The summed E-state index contributed by atoms with van der Waals surface area (Å²) in [7, 11) is 0. The van der Waals surface area contributed by atoms with Gasteiger partial charge in [0.25, 0.3) is 22.5 Å². The first-order valence-corrected chi connectivity index (χ1v) is 11.1. The van der Waals surface area contributed by atoms with Crippen molar-refractivity contribution >= 4 is 46.0 Å². The van der Waals surface area contributed by atoms with E-state index in [2.05, 4.69) is 0 Å². The molecule has 1 heterocycles. The number of non-ortho nitro benzene ring substituents is 1. The van der Waals surface area contributed by atoms with Crippen molar-refractivity contribution in [1.29, 1.82) is 0 Å². The number of hydrogen-bond donors (Lipinski definition) is 0. The molecule has 0 bridgehead atoms. The molecule has 1 fully saturated rings. The van der Waals surface area contributed by atoms with Gasteiger partial charge in [-0.15, -0.1) is 0 Å². The minimum atomic E-state index is -0.795. The third kappa shape index (κ3) is 5.43. The van der Waals surface area contributed by atoms with Crippen LogP contribution in [0.3, 0.4) is 0 Å². The van der Waals surface area contributed by atoms with Crippen LogP contribution >= 0.6 is 11.8 Å². The number of nitrogens with zero attached hydrogens (tertiary/aromatic N) is 4. The second-order valence-electron chi connectivity index (χ2n) is 7.49. The second-order valence-corrected chi connectivity index (χ2v) is 8.48. The van der Waals surface area contributed by atoms with Crippen molar-refractivity contribution in [3.8, 4) is 11.5 Å². The van der Waals surface area contributed by atoms with Gasteiger partial charge in [0.15, 0.2) is 0 Å². The lowest BCUT2D eigenvalue weighted by atomic mass is 10.1. The largest absolute Gasteiger partial charge is 0.450 e. The van der Waals surface area contributed by atoms with Gasteiger partial charge in [-0.1, -0.05) is 30.3 Å². The van der Waals surface area contributed by atoms with Gasteiger partial charge in [0.05, 0.1) is 32.3 Å². The molecule has 0 unspecified atom stereocenters. The number of amides is 2. The number of thioether (sulfide) groups is 1. The zero-order valence-electron chi connectivity index (χ0n) is 18.5. The van der Waals surface area contributed by atoms with Crippen molar-refractivity contribution in [2.45, 2.75) is 6.54 Å². The quantitative estimate of drug-likeness (QED) is 0.210. The van der Waals surface area contributed by atoms with Crippen LogP contribution in [-0.4, -0.2) is 30.8 Å². The van der Waals surface area contributed by atoms with Crippen LogP contribution < -0.4 is 4.74 Å². The molecule has 13 nitrogen and oxygen atoms in total. The fourth-order valence-corrected chi connectivity index (χ4v) is 4.23. The molecule has 1 saturated heterocycles. The van der Waals surface area contributed by atoms with Crippen molar-refractivity contribution in [2.75, 3.05) is 0 Å². The molecule has 1 aliphatic rings. The first kappa shape index (κ1) is 25.0. The summed E-state index contributed by atoms with van der Waals surface area (Å²) in [5, 5.41) is 32.8. The summed E-state index contributed by atoms with van der Waals surface area (Å²) < 4.78 is 5.51. The summed E-state index contributed by atoms with van der Waals surface area (Å²) in [5.41, 5.74) is -0.496. The maximum Gasteiger partial charge on any atom is 0.318 e. The van der Waals surface area contributed by atoms with Gasteiger partial charge in [0.2, 0.25) is 5.75 Å². The lowest BCUT2D eigenvalue weighted by Crippen LogP contribution is -2.27. The Kier molecular flexibility index (Phi) is 6.92. The van der Waals surface area contributed by atoms with E-state index in [9.17, 15) is 39.9 Å². The van der Waals surface area contributed by atoms with Gasteiger partial charge in [-0.2, -0.15) is 0 Å². The lowest BCUT2D eigenvalue weighted by Gasteiger charge is -2.12. The van der Waals surface area contributed by atoms with E-state index in [1.54, 1.807) is 18.2 Å². The number of nitro benzene ring substituents is 3. The van der Waals surface area contributed by atoms with Gasteiger partial charge in [0, 0.05) is 17.7 Å². The minimum absolute atomic E-state index is 0.114. The molecule has 37 heavy (non-hydrogen) atoms. The standard InChI is InChI=1S/C23H14N4O9S/c28-22-21(37-23(29)24(22)13-15-3-1-2-4-18(15)26(32)33)11-14-5-8-17(9-6-14)36-20-10-7-16(25(30)31)12-19(20)27(34)35/h1-12H,13H2/b21-11-. The zero-order valence-corrected chi connectivity index (χ0v) is 19.3. The summed E-state index contributed by atoms with van der Waals surface area (Å²) in [4.78, 5) is 57.5. The molecule has 3 aromatic rings. The number of rotatable bonds is 8. The zero-order chi connectivity index (χ0) is 26.7. The van der Waals surface area contributed by atoms with E-state index in [1.165, 1.54) is 36.4 Å². The molecular weight excluding hydrogens is 508 g/mol. The van der Waals surface area contributed by atoms with Gasteiger partial charge in [-0.05, 0) is 41.6 Å². The third-order valence-corrected chi connectivity index (χ3v) is 6.05. The number of ether oxygens (including phenoxy) is 1. The molecule has 0 radical (unpaired) electrons. The Morgan fingerprint density at radius 1 is 0.838 bits per heavy atom. The minimum Gasteiger partial charge on any atom is -0.450 e. The summed E-state index contributed by atoms with van der Waals surface area (Å²) in [5.74, 6) is -0.604. The van der Waals surface area contributed by atoms with E-state index < -0.39 is 37.3 Å². The molecule has 3 aromatic carbocycles. The van der Waals surface area contributed by atoms with Gasteiger partial charge < -0.3 is 4.74 Å². The smallest absolute Gasteiger partial charge is 0.318 e. The highest BCUT2D eigenvalue weighted by atomic mass is 32.2. The van der Waals surface area contributed by atoms with Crippen LogP contribution in [0.15, 0.2) is 71.6 Å². The van der Waals surface area contributed by atoms with Crippen molar-refractivity contribution in [1.82, 2.24) is 4.90 Å². The molecule has 14 heteroatoms. The molecule has 0 aliphatic carbocycles. The van der Waals surface area contributed by atoms with E-state index in [0.717, 1.165) is 23.1 Å². The number of imide groups is 1. The molecule has 0 spiro atoms. The highest BCUT2D eigenvalue weighted by Gasteiger charge is 2.36. The molecule has 0 N–H and O–H groups in total. The van der Waals surface area contributed by atoms with Crippen molar-refractivity contribution < 1.29 is 29.1 Å². The fourth-order valence-electron chi connectivity index (χ4n) is 3.39. The number of hydrogen-bond acceptors (Lipinski definition) is 10. The van der Waals surface area contributed by atoms with Crippen molar-refractivity contribution in [2.24, 2.45) is 0 Å². The Morgan fingerprint density at radius 2 is 1.51 bits per heavy atom. The Hall–Kier alpha value is -5.11. The van der Waals surface area contributed by atoms with E-state index in [-0.39, 0.29) is 34.2 Å². The van der Waals surface area contributed by atoms with E-state index in [0.29, 0.717) is 17.3 Å². The van der Waals surface area contributed by atoms with Crippen LogP contribution in [0.25, 0.3) is 6.08 Å². The lowest BCUT2D eigenvalue weighted by molar-refractivity contribution is -0.394. The SMILES string of the molecule is O=C1S/C(=C\c2ccc(Oc3ccc([N+](=O)[O-])cc3[N+](=O)[O-])cc2)C(=O)N1Cc1ccccc1[N+](=O)[O-]. The Labute approximate surface area is 211 Å². The van der Waals surface area contributed by atoms with Gasteiger partial charge in [-0.25, -0.2) is 0 Å². The summed E-state index contributed by atoms with van der Waals surface area (Å²) >= 11 is 0.693. The predicted octanol–water partition coefficient (Wildman–Crippen LogP) is 5.44.